The molecule has 1 aliphatic rings. The predicted octanol–water partition coefficient (Wildman–Crippen LogP) is 5.37. The first kappa shape index (κ1) is 16.3. The minimum atomic E-state index is -3.18. The van der Waals surface area contributed by atoms with E-state index >= 15 is 8.78 Å². The van der Waals surface area contributed by atoms with Crippen LogP contribution in [0.4, 0.5) is 14.5 Å². The maximum Gasteiger partial charge on any atom is 0.323 e. The number of rotatable bonds is 3. The molecule has 1 aromatic heterocycles. The lowest BCUT2D eigenvalue weighted by molar-refractivity contribution is -0.0543. The number of benzene rings is 2. The lowest BCUT2D eigenvalue weighted by Gasteiger charge is -2.28. The van der Waals surface area contributed by atoms with E-state index in [4.69, 9.17) is 16.0 Å². The van der Waals surface area contributed by atoms with Gasteiger partial charge < -0.3 is 9.32 Å². The standard InChI is InChI=1S/C19H17ClF2N2O/c1-18(11-24(2)15-8-7-12(20)9-13(15)18)10-19(21,22)17-23-14-5-3-4-6-16(14)25-17/h3-9H,10-11H2,1-2H3. The monoisotopic (exact) mass is 362 g/mol. The van der Waals surface area contributed by atoms with Gasteiger partial charge in [-0.15, -0.1) is 0 Å². The van der Waals surface area contributed by atoms with Crippen molar-refractivity contribution in [3.05, 3.63) is 58.9 Å². The van der Waals surface area contributed by atoms with Crippen molar-refractivity contribution in [2.24, 2.45) is 0 Å². The molecule has 1 aliphatic heterocycles. The molecule has 0 aliphatic carbocycles. The zero-order valence-corrected chi connectivity index (χ0v) is 14.6. The van der Waals surface area contributed by atoms with E-state index < -0.39 is 23.6 Å². The second-order valence-corrected chi connectivity index (χ2v) is 7.38. The van der Waals surface area contributed by atoms with Gasteiger partial charge in [0.2, 0.25) is 0 Å². The number of aromatic nitrogens is 1. The Hall–Kier alpha value is -2.14. The second kappa shape index (κ2) is 5.43. The highest BCUT2D eigenvalue weighted by Crippen LogP contribution is 2.49. The van der Waals surface area contributed by atoms with Crippen LogP contribution in [0.1, 0.15) is 24.8 Å². The van der Waals surface area contributed by atoms with Crippen molar-refractivity contribution in [2.45, 2.75) is 24.7 Å². The van der Waals surface area contributed by atoms with Gasteiger partial charge in [0.15, 0.2) is 5.58 Å². The Kier molecular flexibility index (Phi) is 3.55. The summed E-state index contributed by atoms with van der Waals surface area (Å²) < 4.78 is 35.3. The van der Waals surface area contributed by atoms with Gasteiger partial charge in [-0.2, -0.15) is 8.78 Å². The third-order valence-corrected chi connectivity index (χ3v) is 5.06. The van der Waals surface area contributed by atoms with Gasteiger partial charge in [-0.25, -0.2) is 4.98 Å². The van der Waals surface area contributed by atoms with Crippen LogP contribution in [-0.4, -0.2) is 18.6 Å². The summed E-state index contributed by atoms with van der Waals surface area (Å²) in [5.74, 6) is -3.72. The van der Waals surface area contributed by atoms with Crippen LogP contribution in [0.3, 0.4) is 0 Å². The van der Waals surface area contributed by atoms with Gasteiger partial charge in [-0.3, -0.25) is 0 Å². The number of likely N-dealkylation sites (N-methyl/N-ethyl adjacent to an activating group) is 1. The summed E-state index contributed by atoms with van der Waals surface area (Å²) in [6.07, 6.45) is -0.398. The van der Waals surface area contributed by atoms with E-state index in [1.165, 1.54) is 0 Å². The van der Waals surface area contributed by atoms with Crippen LogP contribution in [0, 0.1) is 0 Å². The predicted molar refractivity (Wildman–Crippen MR) is 94.6 cm³/mol. The zero-order valence-electron chi connectivity index (χ0n) is 13.9. The van der Waals surface area contributed by atoms with E-state index in [0.717, 1.165) is 11.3 Å². The molecule has 0 amide bonds. The molecule has 0 saturated heterocycles. The molecule has 25 heavy (non-hydrogen) atoms. The molecule has 1 unspecified atom stereocenters. The van der Waals surface area contributed by atoms with Gasteiger partial charge in [0.25, 0.3) is 5.89 Å². The van der Waals surface area contributed by atoms with Crippen LogP contribution < -0.4 is 4.90 Å². The summed E-state index contributed by atoms with van der Waals surface area (Å²) in [6.45, 7) is 2.32. The highest BCUT2D eigenvalue weighted by molar-refractivity contribution is 6.30. The Labute approximate surface area is 149 Å². The first-order valence-corrected chi connectivity index (χ1v) is 8.41. The van der Waals surface area contributed by atoms with E-state index in [0.29, 0.717) is 22.7 Å². The topological polar surface area (TPSA) is 29.3 Å². The minimum absolute atomic E-state index is 0.370. The van der Waals surface area contributed by atoms with Crippen molar-refractivity contribution in [3.8, 4) is 0 Å². The number of hydrogen-bond acceptors (Lipinski definition) is 3. The van der Waals surface area contributed by atoms with Crippen LogP contribution in [0.15, 0.2) is 46.9 Å². The van der Waals surface area contributed by atoms with Crippen LogP contribution in [-0.2, 0) is 11.3 Å². The van der Waals surface area contributed by atoms with Crippen molar-refractivity contribution in [1.82, 2.24) is 4.98 Å². The average molecular weight is 363 g/mol. The Morgan fingerprint density at radius 3 is 2.80 bits per heavy atom. The highest BCUT2D eigenvalue weighted by Gasteiger charge is 2.49. The lowest BCUT2D eigenvalue weighted by atomic mass is 9.79. The number of anilines is 1. The van der Waals surface area contributed by atoms with E-state index in [-0.39, 0.29) is 0 Å². The second-order valence-electron chi connectivity index (χ2n) is 6.95. The molecule has 0 N–H and O–H groups in total. The lowest BCUT2D eigenvalue weighted by Crippen LogP contribution is -2.34. The summed E-state index contributed by atoms with van der Waals surface area (Å²) in [7, 11) is 1.90. The van der Waals surface area contributed by atoms with E-state index in [1.54, 1.807) is 36.4 Å². The smallest absolute Gasteiger partial charge is 0.323 e. The number of fused-ring (bicyclic) bond motifs is 2. The number of halogens is 3. The Morgan fingerprint density at radius 1 is 1.28 bits per heavy atom. The maximum atomic E-state index is 15.0. The molecule has 3 aromatic rings. The average Bonchev–Trinajstić information content (AvgIpc) is 3.07. The maximum absolute atomic E-state index is 15.0. The Morgan fingerprint density at radius 2 is 2.04 bits per heavy atom. The van der Waals surface area contributed by atoms with Crippen molar-refractivity contribution in [2.75, 3.05) is 18.5 Å². The minimum Gasteiger partial charge on any atom is -0.435 e. The summed E-state index contributed by atoms with van der Waals surface area (Å²) in [5, 5.41) is 0.547. The number of alkyl halides is 2. The van der Waals surface area contributed by atoms with E-state index in [9.17, 15) is 0 Å². The fraction of sp³-hybridized carbons (Fsp3) is 0.316. The molecule has 2 aromatic carbocycles. The molecule has 0 fully saturated rings. The molecule has 3 nitrogen and oxygen atoms in total. The first-order chi connectivity index (χ1) is 11.8. The third-order valence-electron chi connectivity index (χ3n) is 4.83. The van der Waals surface area contributed by atoms with Gasteiger partial charge in [0.1, 0.15) is 5.52 Å². The van der Waals surface area contributed by atoms with Crippen molar-refractivity contribution in [1.29, 1.82) is 0 Å². The third kappa shape index (κ3) is 2.67. The van der Waals surface area contributed by atoms with Crippen molar-refractivity contribution < 1.29 is 13.2 Å². The van der Waals surface area contributed by atoms with E-state index in [1.807, 2.05) is 24.9 Å². The van der Waals surface area contributed by atoms with Gasteiger partial charge in [0, 0.05) is 36.1 Å². The quantitative estimate of drug-likeness (QED) is 0.627. The number of para-hydroxylation sites is 2. The summed E-state index contributed by atoms with van der Waals surface area (Å²) >= 11 is 6.10. The van der Waals surface area contributed by atoms with Gasteiger partial charge in [-0.05, 0) is 35.9 Å². The number of hydrogen-bond donors (Lipinski definition) is 0. The SMILES string of the molecule is CN1CC(C)(CC(F)(F)c2nc3ccccc3o2)c2cc(Cl)ccc21. The largest absolute Gasteiger partial charge is 0.435 e. The molecule has 1 atom stereocenters. The molecule has 0 saturated carbocycles. The molecule has 130 valence electrons. The zero-order chi connectivity index (χ0) is 17.8. The molecule has 4 rings (SSSR count). The number of oxazole rings is 1. The molecule has 6 heteroatoms. The Bertz CT molecular complexity index is 923. The molecule has 0 spiro atoms. The Balaban J connectivity index is 1.72. The van der Waals surface area contributed by atoms with Crippen LogP contribution in [0.2, 0.25) is 5.02 Å². The normalized spacial score (nSPS) is 20.3. The van der Waals surface area contributed by atoms with Gasteiger partial charge in [-0.1, -0.05) is 30.7 Å². The van der Waals surface area contributed by atoms with Gasteiger partial charge >= 0.3 is 5.92 Å². The summed E-state index contributed by atoms with van der Waals surface area (Å²) in [6, 6.07) is 12.2. The molecular weight excluding hydrogens is 346 g/mol. The molecule has 2 heterocycles. The molecule has 0 bridgehead atoms. The summed E-state index contributed by atoms with van der Waals surface area (Å²) in [4.78, 5) is 5.97. The summed E-state index contributed by atoms with van der Waals surface area (Å²) in [5.41, 5.74) is 1.82. The van der Waals surface area contributed by atoms with Crippen molar-refractivity contribution >= 4 is 28.4 Å². The molecule has 0 radical (unpaired) electrons. The van der Waals surface area contributed by atoms with Crippen LogP contribution in [0.5, 0.6) is 0 Å². The van der Waals surface area contributed by atoms with Gasteiger partial charge in [0.05, 0.1) is 0 Å². The van der Waals surface area contributed by atoms with Crippen LogP contribution in [0.25, 0.3) is 11.1 Å². The highest BCUT2D eigenvalue weighted by atomic mass is 35.5. The number of nitrogens with zero attached hydrogens (tertiary/aromatic N) is 2. The van der Waals surface area contributed by atoms with E-state index in [2.05, 4.69) is 4.98 Å². The van der Waals surface area contributed by atoms with Crippen molar-refractivity contribution in [3.63, 3.8) is 0 Å². The molecular formula is C19H17ClF2N2O. The fourth-order valence-electron chi connectivity index (χ4n) is 3.76. The fourth-order valence-corrected chi connectivity index (χ4v) is 3.94. The van der Waals surface area contributed by atoms with Crippen LogP contribution >= 0.6 is 11.6 Å². The first-order valence-electron chi connectivity index (χ1n) is 8.04.